The summed E-state index contributed by atoms with van der Waals surface area (Å²) in [5.41, 5.74) is 6.52. The highest BCUT2D eigenvalue weighted by molar-refractivity contribution is 5.89. The quantitative estimate of drug-likeness (QED) is 0.605. The molecule has 4 nitrogen and oxygen atoms in total. The van der Waals surface area contributed by atoms with E-state index in [1.54, 1.807) is 12.1 Å². The fourth-order valence-corrected chi connectivity index (χ4v) is 1.33. The predicted molar refractivity (Wildman–Crippen MR) is 58.8 cm³/mol. The number of carboxylic acids is 1. The number of carbonyl (C=O) groups is 1. The monoisotopic (exact) mass is 208 g/mol. The molecule has 0 aliphatic rings. The van der Waals surface area contributed by atoms with Crippen molar-refractivity contribution >= 4 is 5.97 Å². The van der Waals surface area contributed by atoms with Gasteiger partial charge in [-0.1, -0.05) is 18.2 Å². The van der Waals surface area contributed by atoms with Gasteiger partial charge in [0.2, 0.25) is 0 Å². The van der Waals surface area contributed by atoms with E-state index >= 15 is 0 Å². The molecule has 0 aliphatic carbocycles. The van der Waals surface area contributed by atoms with Crippen LogP contribution in [0.25, 0.3) is 0 Å². The van der Waals surface area contributed by atoms with E-state index in [9.17, 15) is 4.79 Å². The average Bonchev–Trinajstić information content (AvgIpc) is 2.25. The summed E-state index contributed by atoms with van der Waals surface area (Å²) in [6.07, 6.45) is 0.898. The molecule has 0 unspecified atom stereocenters. The van der Waals surface area contributed by atoms with E-state index in [0.717, 1.165) is 18.5 Å². The van der Waals surface area contributed by atoms with Gasteiger partial charge in [-0.15, -0.1) is 0 Å². The van der Waals surface area contributed by atoms with Crippen molar-refractivity contribution in [3.63, 3.8) is 0 Å². The maximum Gasteiger partial charge on any atom is 0.336 e. The summed E-state index contributed by atoms with van der Waals surface area (Å²) in [7, 11) is 0. The molecule has 0 atom stereocenters. The highest BCUT2D eigenvalue weighted by atomic mass is 16.4. The summed E-state index contributed by atoms with van der Waals surface area (Å²) in [5.74, 6) is -0.883. The SMILES string of the molecule is NCCCNCc1ccccc1C(=O)O. The predicted octanol–water partition coefficient (Wildman–Crippen LogP) is 0.823. The van der Waals surface area contributed by atoms with Crippen molar-refractivity contribution in [2.24, 2.45) is 5.73 Å². The third-order valence-electron chi connectivity index (χ3n) is 2.12. The van der Waals surface area contributed by atoms with E-state index in [1.807, 2.05) is 12.1 Å². The fraction of sp³-hybridized carbons (Fsp3) is 0.364. The number of nitrogens with two attached hydrogens (primary N) is 1. The van der Waals surface area contributed by atoms with Gasteiger partial charge in [-0.25, -0.2) is 4.79 Å². The lowest BCUT2D eigenvalue weighted by Crippen LogP contribution is -2.19. The summed E-state index contributed by atoms with van der Waals surface area (Å²) in [4.78, 5) is 10.9. The van der Waals surface area contributed by atoms with Crippen molar-refractivity contribution in [3.8, 4) is 0 Å². The van der Waals surface area contributed by atoms with Crippen LogP contribution in [0.15, 0.2) is 24.3 Å². The normalized spacial score (nSPS) is 10.2. The molecular weight excluding hydrogens is 192 g/mol. The molecule has 82 valence electrons. The molecule has 4 heteroatoms. The molecule has 1 rings (SSSR count). The molecule has 0 radical (unpaired) electrons. The van der Waals surface area contributed by atoms with Crippen molar-refractivity contribution in [1.29, 1.82) is 0 Å². The van der Waals surface area contributed by atoms with Crippen LogP contribution in [0.1, 0.15) is 22.3 Å². The Morgan fingerprint density at radius 1 is 1.40 bits per heavy atom. The Kier molecular flexibility index (Phi) is 4.80. The van der Waals surface area contributed by atoms with Crippen LogP contribution >= 0.6 is 0 Å². The van der Waals surface area contributed by atoms with Gasteiger partial charge in [0.15, 0.2) is 0 Å². The summed E-state index contributed by atoms with van der Waals surface area (Å²) in [6.45, 7) is 2.03. The molecule has 4 N–H and O–H groups in total. The second-order valence-electron chi connectivity index (χ2n) is 3.28. The first-order chi connectivity index (χ1) is 7.25. The standard InChI is InChI=1S/C11H16N2O2/c12-6-3-7-13-8-9-4-1-2-5-10(9)11(14)15/h1-2,4-5,13H,3,6-8,12H2,(H,14,15). The Balaban J connectivity index is 2.56. The lowest BCUT2D eigenvalue weighted by molar-refractivity contribution is 0.0695. The minimum Gasteiger partial charge on any atom is -0.478 e. The lowest BCUT2D eigenvalue weighted by atomic mass is 10.1. The van der Waals surface area contributed by atoms with Crippen molar-refractivity contribution < 1.29 is 9.90 Å². The molecular formula is C11H16N2O2. The molecule has 0 fully saturated rings. The molecule has 0 saturated heterocycles. The van der Waals surface area contributed by atoms with E-state index in [1.165, 1.54) is 0 Å². The number of rotatable bonds is 6. The van der Waals surface area contributed by atoms with Crippen LogP contribution in [0, 0.1) is 0 Å². The maximum absolute atomic E-state index is 10.9. The number of aromatic carboxylic acids is 1. The van der Waals surface area contributed by atoms with Crippen molar-refractivity contribution in [2.75, 3.05) is 13.1 Å². The van der Waals surface area contributed by atoms with Crippen LogP contribution in [0.2, 0.25) is 0 Å². The molecule has 1 aromatic rings. The minimum absolute atomic E-state index is 0.359. The molecule has 15 heavy (non-hydrogen) atoms. The van der Waals surface area contributed by atoms with Crippen LogP contribution in [0.3, 0.4) is 0 Å². The first kappa shape index (κ1) is 11.7. The molecule has 0 saturated carbocycles. The number of benzene rings is 1. The van der Waals surface area contributed by atoms with Crippen molar-refractivity contribution in [2.45, 2.75) is 13.0 Å². The zero-order valence-corrected chi connectivity index (χ0v) is 8.57. The van der Waals surface area contributed by atoms with Gasteiger partial charge in [-0.2, -0.15) is 0 Å². The van der Waals surface area contributed by atoms with Gasteiger partial charge in [-0.3, -0.25) is 0 Å². The number of hydrogen-bond acceptors (Lipinski definition) is 3. The highest BCUT2D eigenvalue weighted by Gasteiger charge is 2.07. The van der Waals surface area contributed by atoms with Gasteiger partial charge in [0.1, 0.15) is 0 Å². The van der Waals surface area contributed by atoms with E-state index in [-0.39, 0.29) is 0 Å². The van der Waals surface area contributed by atoms with E-state index < -0.39 is 5.97 Å². The Bertz CT molecular complexity index is 326. The Hall–Kier alpha value is -1.39. The summed E-state index contributed by atoms with van der Waals surface area (Å²) in [5, 5.41) is 12.1. The number of carboxylic acid groups (broad SMARTS) is 1. The molecule has 0 aromatic heterocycles. The Morgan fingerprint density at radius 3 is 2.80 bits per heavy atom. The second-order valence-corrected chi connectivity index (χ2v) is 3.28. The molecule has 1 aromatic carbocycles. The van der Waals surface area contributed by atoms with Gasteiger partial charge in [0.25, 0.3) is 0 Å². The summed E-state index contributed by atoms with van der Waals surface area (Å²) < 4.78 is 0. The lowest BCUT2D eigenvalue weighted by Gasteiger charge is -2.06. The Labute approximate surface area is 89.1 Å². The van der Waals surface area contributed by atoms with E-state index in [2.05, 4.69) is 5.32 Å². The topological polar surface area (TPSA) is 75.3 Å². The zero-order valence-electron chi connectivity index (χ0n) is 8.57. The fourth-order valence-electron chi connectivity index (χ4n) is 1.33. The number of nitrogens with one attached hydrogen (secondary N) is 1. The molecule has 0 aliphatic heterocycles. The third kappa shape index (κ3) is 3.69. The maximum atomic E-state index is 10.9. The van der Waals surface area contributed by atoms with Gasteiger partial charge in [0.05, 0.1) is 5.56 Å². The van der Waals surface area contributed by atoms with Crippen LogP contribution in [0.4, 0.5) is 0 Å². The molecule has 0 heterocycles. The highest BCUT2D eigenvalue weighted by Crippen LogP contribution is 2.08. The van der Waals surface area contributed by atoms with Crippen LogP contribution < -0.4 is 11.1 Å². The van der Waals surface area contributed by atoms with E-state index in [0.29, 0.717) is 18.7 Å². The third-order valence-corrected chi connectivity index (χ3v) is 2.12. The van der Waals surface area contributed by atoms with Crippen LogP contribution in [-0.2, 0) is 6.54 Å². The van der Waals surface area contributed by atoms with Gasteiger partial charge < -0.3 is 16.2 Å². The smallest absolute Gasteiger partial charge is 0.336 e. The van der Waals surface area contributed by atoms with Gasteiger partial charge in [0, 0.05) is 6.54 Å². The zero-order chi connectivity index (χ0) is 11.1. The largest absolute Gasteiger partial charge is 0.478 e. The Morgan fingerprint density at radius 2 is 2.13 bits per heavy atom. The minimum atomic E-state index is -0.883. The summed E-state index contributed by atoms with van der Waals surface area (Å²) in [6, 6.07) is 7.00. The van der Waals surface area contributed by atoms with Crippen LogP contribution in [-0.4, -0.2) is 24.2 Å². The van der Waals surface area contributed by atoms with Gasteiger partial charge in [-0.05, 0) is 31.1 Å². The molecule has 0 amide bonds. The van der Waals surface area contributed by atoms with E-state index in [4.69, 9.17) is 10.8 Å². The molecule has 0 bridgehead atoms. The van der Waals surface area contributed by atoms with Crippen molar-refractivity contribution in [1.82, 2.24) is 5.32 Å². The molecule has 0 spiro atoms. The first-order valence-electron chi connectivity index (χ1n) is 4.97. The average molecular weight is 208 g/mol. The second kappa shape index (κ2) is 6.16. The summed E-state index contributed by atoms with van der Waals surface area (Å²) >= 11 is 0. The number of hydrogen-bond donors (Lipinski definition) is 3. The first-order valence-corrected chi connectivity index (χ1v) is 4.97. The van der Waals surface area contributed by atoms with Gasteiger partial charge >= 0.3 is 5.97 Å². The van der Waals surface area contributed by atoms with Crippen LogP contribution in [0.5, 0.6) is 0 Å². The van der Waals surface area contributed by atoms with Crippen molar-refractivity contribution in [3.05, 3.63) is 35.4 Å².